The zero-order valence-electron chi connectivity index (χ0n) is 17.3. The number of aromatic nitrogens is 2. The fraction of sp³-hybridized carbons (Fsp3) is 0.0870. The van der Waals surface area contributed by atoms with Gasteiger partial charge in [-0.2, -0.15) is 0 Å². The normalized spacial score (nSPS) is 10.8. The Bertz CT molecular complexity index is 1420. The summed E-state index contributed by atoms with van der Waals surface area (Å²) in [6.07, 6.45) is 0. The van der Waals surface area contributed by atoms with Crippen molar-refractivity contribution in [3.63, 3.8) is 0 Å². The molecular weight excluding hydrogens is 447 g/mol. The number of nitrogens with zero attached hydrogens (tertiary/aromatic N) is 4. The van der Waals surface area contributed by atoms with Gasteiger partial charge in [0.1, 0.15) is 5.82 Å². The lowest BCUT2D eigenvalue weighted by molar-refractivity contribution is -0.384. The van der Waals surface area contributed by atoms with Crippen molar-refractivity contribution in [2.75, 3.05) is 17.7 Å². The van der Waals surface area contributed by atoms with Gasteiger partial charge in [-0.05, 0) is 36.4 Å². The lowest BCUT2D eigenvalue weighted by Crippen LogP contribution is -2.29. The highest BCUT2D eigenvalue weighted by molar-refractivity contribution is 7.99. The molecule has 0 N–H and O–H groups in total. The first kappa shape index (κ1) is 22.2. The van der Waals surface area contributed by atoms with E-state index in [0.717, 1.165) is 11.8 Å². The number of hydrogen-bond acceptors (Lipinski definition) is 6. The third-order valence-corrected chi connectivity index (χ3v) is 5.91. The second-order valence-electron chi connectivity index (χ2n) is 7.02. The van der Waals surface area contributed by atoms with Crippen LogP contribution < -0.4 is 10.5 Å². The number of para-hydroxylation sites is 2. The minimum atomic E-state index is -0.590. The average molecular weight is 464 g/mol. The molecule has 166 valence electrons. The summed E-state index contributed by atoms with van der Waals surface area (Å²) in [5.41, 5.74) is 0.435. The van der Waals surface area contributed by atoms with Crippen LogP contribution in [0.5, 0.6) is 0 Å². The summed E-state index contributed by atoms with van der Waals surface area (Å²) >= 11 is 1.00. The Labute approximate surface area is 191 Å². The van der Waals surface area contributed by atoms with Gasteiger partial charge in [0.2, 0.25) is 5.91 Å². The standard InChI is InChI=1S/C23H17FN4O4S/c1-26(15-10-12-16(13-11-15)28(31)32)21(29)14-33-23-25-19-8-4-2-6-17(19)22(30)27(23)20-9-5-3-7-18(20)24/h2-13H,14H2,1H3. The van der Waals surface area contributed by atoms with E-state index in [4.69, 9.17) is 0 Å². The van der Waals surface area contributed by atoms with Gasteiger partial charge in [-0.25, -0.2) is 9.37 Å². The molecule has 33 heavy (non-hydrogen) atoms. The number of nitro benzene ring substituents is 1. The number of nitro groups is 1. The fourth-order valence-electron chi connectivity index (χ4n) is 3.22. The second kappa shape index (κ2) is 9.21. The zero-order valence-corrected chi connectivity index (χ0v) is 18.2. The SMILES string of the molecule is CN(C(=O)CSc1nc2ccccc2c(=O)n1-c1ccccc1F)c1ccc([N+](=O)[O-])cc1. The Morgan fingerprint density at radius 3 is 2.45 bits per heavy atom. The third kappa shape index (κ3) is 4.46. The zero-order chi connectivity index (χ0) is 23.5. The van der Waals surface area contributed by atoms with Crippen LogP contribution >= 0.6 is 11.8 Å². The molecule has 4 rings (SSSR count). The van der Waals surface area contributed by atoms with Gasteiger partial charge in [-0.3, -0.25) is 24.3 Å². The first-order chi connectivity index (χ1) is 15.9. The summed E-state index contributed by atoms with van der Waals surface area (Å²) in [7, 11) is 1.54. The van der Waals surface area contributed by atoms with E-state index < -0.39 is 16.3 Å². The minimum Gasteiger partial charge on any atom is -0.315 e. The summed E-state index contributed by atoms with van der Waals surface area (Å²) in [6, 6.07) is 18.2. The summed E-state index contributed by atoms with van der Waals surface area (Å²) in [5.74, 6) is -1.00. The van der Waals surface area contributed by atoms with Crippen LogP contribution in [0.1, 0.15) is 0 Å². The number of fused-ring (bicyclic) bond motifs is 1. The Kier molecular flexibility index (Phi) is 6.18. The molecule has 8 nitrogen and oxygen atoms in total. The van der Waals surface area contributed by atoms with E-state index in [1.807, 2.05) is 0 Å². The van der Waals surface area contributed by atoms with Crippen molar-refractivity contribution in [3.8, 4) is 5.69 Å². The predicted molar refractivity (Wildman–Crippen MR) is 125 cm³/mol. The quantitative estimate of drug-likeness (QED) is 0.184. The van der Waals surface area contributed by atoms with E-state index in [1.165, 1.54) is 51.9 Å². The van der Waals surface area contributed by atoms with Crippen LogP contribution in [0.4, 0.5) is 15.8 Å². The monoisotopic (exact) mass is 464 g/mol. The van der Waals surface area contributed by atoms with Crippen LogP contribution in [-0.4, -0.2) is 33.2 Å². The number of hydrogen-bond donors (Lipinski definition) is 0. The highest BCUT2D eigenvalue weighted by Crippen LogP contribution is 2.24. The van der Waals surface area contributed by atoms with Crippen molar-refractivity contribution in [2.45, 2.75) is 5.16 Å². The van der Waals surface area contributed by atoms with Crippen molar-refractivity contribution in [2.24, 2.45) is 0 Å². The molecule has 10 heteroatoms. The van der Waals surface area contributed by atoms with Gasteiger partial charge in [0.15, 0.2) is 5.16 Å². The summed E-state index contributed by atoms with van der Waals surface area (Å²) < 4.78 is 15.7. The summed E-state index contributed by atoms with van der Waals surface area (Å²) in [4.78, 5) is 42.1. The number of halogens is 1. The number of amides is 1. The van der Waals surface area contributed by atoms with Crippen molar-refractivity contribution >= 4 is 39.9 Å². The van der Waals surface area contributed by atoms with Gasteiger partial charge in [-0.15, -0.1) is 0 Å². The maximum absolute atomic E-state index is 14.6. The summed E-state index contributed by atoms with van der Waals surface area (Å²) in [6.45, 7) is 0. The molecule has 0 spiro atoms. The molecule has 3 aromatic carbocycles. The molecule has 0 atom stereocenters. The topological polar surface area (TPSA) is 98.3 Å². The number of anilines is 1. The first-order valence-electron chi connectivity index (χ1n) is 9.77. The molecule has 1 aromatic heterocycles. The molecule has 0 fully saturated rings. The van der Waals surface area contributed by atoms with Crippen LogP contribution in [0.15, 0.2) is 82.7 Å². The lowest BCUT2D eigenvalue weighted by atomic mass is 10.2. The molecule has 0 radical (unpaired) electrons. The van der Waals surface area contributed by atoms with Gasteiger partial charge < -0.3 is 4.90 Å². The predicted octanol–water partition coefficient (Wildman–Crippen LogP) is 4.19. The molecule has 0 saturated carbocycles. The lowest BCUT2D eigenvalue weighted by Gasteiger charge is -2.18. The van der Waals surface area contributed by atoms with Crippen LogP contribution in [0, 0.1) is 15.9 Å². The molecule has 0 aliphatic heterocycles. The molecule has 0 aliphatic rings. The minimum absolute atomic E-state index is 0.0411. The van der Waals surface area contributed by atoms with E-state index in [1.54, 1.807) is 37.4 Å². The molecule has 4 aromatic rings. The maximum atomic E-state index is 14.6. The van der Waals surface area contributed by atoms with E-state index in [-0.39, 0.29) is 28.2 Å². The molecule has 0 saturated heterocycles. The number of thioether (sulfide) groups is 1. The second-order valence-corrected chi connectivity index (χ2v) is 7.96. The van der Waals surface area contributed by atoms with Crippen LogP contribution in [0.3, 0.4) is 0 Å². The van der Waals surface area contributed by atoms with Gasteiger partial charge in [0, 0.05) is 24.9 Å². The highest BCUT2D eigenvalue weighted by Gasteiger charge is 2.19. The number of carbonyl (C=O) groups is 1. The van der Waals surface area contributed by atoms with Crippen LogP contribution in [0.25, 0.3) is 16.6 Å². The van der Waals surface area contributed by atoms with E-state index >= 15 is 0 Å². The van der Waals surface area contributed by atoms with Crippen molar-refractivity contribution in [1.29, 1.82) is 0 Å². The third-order valence-electron chi connectivity index (χ3n) is 4.98. The molecule has 1 amide bonds. The van der Waals surface area contributed by atoms with E-state index in [2.05, 4.69) is 4.98 Å². The van der Waals surface area contributed by atoms with Gasteiger partial charge >= 0.3 is 0 Å². The largest absolute Gasteiger partial charge is 0.315 e. The number of carbonyl (C=O) groups excluding carboxylic acids is 1. The number of non-ortho nitro benzene ring substituents is 1. The van der Waals surface area contributed by atoms with E-state index in [9.17, 15) is 24.1 Å². The summed E-state index contributed by atoms with van der Waals surface area (Å²) in [5, 5.41) is 11.3. The smallest absolute Gasteiger partial charge is 0.269 e. The Morgan fingerprint density at radius 2 is 1.76 bits per heavy atom. The Hall–Kier alpha value is -4.05. The molecular formula is C23H17FN4O4S. The molecule has 0 aliphatic carbocycles. The van der Waals surface area contributed by atoms with E-state index in [0.29, 0.717) is 16.6 Å². The van der Waals surface area contributed by atoms with Gasteiger partial charge in [0.25, 0.3) is 11.2 Å². The highest BCUT2D eigenvalue weighted by atomic mass is 32.2. The Balaban J connectivity index is 1.66. The fourth-order valence-corrected chi connectivity index (χ4v) is 4.14. The Morgan fingerprint density at radius 1 is 1.09 bits per heavy atom. The van der Waals surface area contributed by atoms with Crippen LogP contribution in [0.2, 0.25) is 0 Å². The molecule has 0 bridgehead atoms. The average Bonchev–Trinajstić information content (AvgIpc) is 2.83. The van der Waals surface area contributed by atoms with Gasteiger partial charge in [0.05, 0.1) is 27.3 Å². The first-order valence-corrected chi connectivity index (χ1v) is 10.8. The van der Waals surface area contributed by atoms with Crippen molar-refractivity contribution in [1.82, 2.24) is 9.55 Å². The van der Waals surface area contributed by atoms with Crippen LogP contribution in [-0.2, 0) is 4.79 Å². The molecule has 0 unspecified atom stereocenters. The van der Waals surface area contributed by atoms with Gasteiger partial charge in [-0.1, -0.05) is 36.0 Å². The molecule has 1 heterocycles. The number of rotatable bonds is 6. The maximum Gasteiger partial charge on any atom is 0.269 e. The van der Waals surface area contributed by atoms with Crippen molar-refractivity contribution in [3.05, 3.63) is 99.1 Å². The van der Waals surface area contributed by atoms with Crippen molar-refractivity contribution < 1.29 is 14.1 Å². The number of benzene rings is 3.